The molecule has 1 aliphatic carbocycles. The van der Waals surface area contributed by atoms with Gasteiger partial charge in [-0.3, -0.25) is 4.79 Å². The van der Waals surface area contributed by atoms with Gasteiger partial charge in [-0.2, -0.15) is 0 Å². The summed E-state index contributed by atoms with van der Waals surface area (Å²) >= 11 is 0. The van der Waals surface area contributed by atoms with E-state index in [-0.39, 0.29) is 11.4 Å². The van der Waals surface area contributed by atoms with E-state index in [0.717, 1.165) is 19.5 Å². The van der Waals surface area contributed by atoms with Crippen LogP contribution in [0.4, 0.5) is 0 Å². The van der Waals surface area contributed by atoms with E-state index >= 15 is 0 Å². The molecule has 1 amide bonds. The Morgan fingerprint density at radius 3 is 2.50 bits per heavy atom. The third kappa shape index (κ3) is 1.65. The van der Waals surface area contributed by atoms with Crippen molar-refractivity contribution in [3.05, 3.63) is 0 Å². The zero-order valence-electron chi connectivity index (χ0n) is 9.26. The van der Waals surface area contributed by atoms with E-state index in [4.69, 9.17) is 0 Å². The first kappa shape index (κ1) is 9.97. The van der Waals surface area contributed by atoms with E-state index in [2.05, 4.69) is 31.4 Å². The van der Waals surface area contributed by atoms with Crippen LogP contribution in [0.1, 0.15) is 27.2 Å². The Labute approximate surface area is 85.6 Å². The fourth-order valence-electron chi connectivity index (χ4n) is 2.31. The highest BCUT2D eigenvalue weighted by Gasteiger charge is 2.57. The van der Waals surface area contributed by atoms with Crippen LogP contribution in [0.25, 0.3) is 0 Å². The molecule has 0 spiro atoms. The van der Waals surface area contributed by atoms with Gasteiger partial charge in [-0.05, 0) is 45.2 Å². The highest BCUT2D eigenvalue weighted by atomic mass is 16.2. The standard InChI is InChI=1S/C11H20N2O/c1-4-11(2,3)13-10(14)9-7-5-12-6-8(7)9/h7-9,12H,4-6H2,1-3H3,(H,13,14)/t7-,8+,9?. The van der Waals surface area contributed by atoms with Crippen LogP contribution in [-0.2, 0) is 4.79 Å². The molecule has 2 fully saturated rings. The maximum Gasteiger partial charge on any atom is 0.224 e. The predicted octanol–water partition coefficient (Wildman–Crippen LogP) is 0.757. The monoisotopic (exact) mass is 196 g/mol. The van der Waals surface area contributed by atoms with Gasteiger partial charge in [0.05, 0.1) is 0 Å². The SMILES string of the molecule is CCC(C)(C)NC(=O)C1[C@H]2CNC[C@@H]12. The summed E-state index contributed by atoms with van der Waals surface area (Å²) in [5.74, 6) is 1.83. The van der Waals surface area contributed by atoms with E-state index in [1.54, 1.807) is 0 Å². The maximum atomic E-state index is 11.9. The summed E-state index contributed by atoms with van der Waals surface area (Å²) in [6, 6.07) is 0. The number of hydrogen-bond donors (Lipinski definition) is 2. The molecule has 3 heteroatoms. The number of nitrogens with one attached hydrogen (secondary N) is 2. The summed E-state index contributed by atoms with van der Waals surface area (Å²) in [7, 11) is 0. The minimum Gasteiger partial charge on any atom is -0.351 e. The summed E-state index contributed by atoms with van der Waals surface area (Å²) < 4.78 is 0. The minimum atomic E-state index is -0.0403. The van der Waals surface area contributed by atoms with E-state index in [9.17, 15) is 4.79 Å². The lowest BCUT2D eigenvalue weighted by Crippen LogP contribution is -2.44. The van der Waals surface area contributed by atoms with Gasteiger partial charge in [-0.25, -0.2) is 0 Å². The summed E-state index contributed by atoms with van der Waals surface area (Å²) in [5.41, 5.74) is -0.0403. The molecule has 14 heavy (non-hydrogen) atoms. The van der Waals surface area contributed by atoms with Crippen LogP contribution in [0.5, 0.6) is 0 Å². The third-order valence-electron chi connectivity index (χ3n) is 3.74. The summed E-state index contributed by atoms with van der Waals surface area (Å²) in [6.45, 7) is 8.35. The fraction of sp³-hybridized carbons (Fsp3) is 0.909. The highest BCUT2D eigenvalue weighted by Crippen LogP contribution is 2.48. The highest BCUT2D eigenvalue weighted by molar-refractivity contribution is 5.83. The quantitative estimate of drug-likeness (QED) is 0.699. The van der Waals surface area contributed by atoms with Gasteiger partial charge in [0, 0.05) is 11.5 Å². The first-order valence-electron chi connectivity index (χ1n) is 5.58. The molecule has 0 aromatic rings. The van der Waals surface area contributed by atoms with Crippen LogP contribution in [-0.4, -0.2) is 24.5 Å². The van der Waals surface area contributed by atoms with E-state index < -0.39 is 0 Å². The molecule has 0 radical (unpaired) electrons. The van der Waals surface area contributed by atoms with Crippen LogP contribution in [0.3, 0.4) is 0 Å². The smallest absolute Gasteiger partial charge is 0.224 e. The van der Waals surface area contributed by atoms with E-state index in [1.165, 1.54) is 0 Å². The van der Waals surface area contributed by atoms with E-state index in [1.807, 2.05) is 0 Å². The van der Waals surface area contributed by atoms with Gasteiger partial charge in [-0.15, -0.1) is 0 Å². The predicted molar refractivity (Wildman–Crippen MR) is 55.9 cm³/mol. The fourth-order valence-corrected chi connectivity index (χ4v) is 2.31. The number of amides is 1. The summed E-state index contributed by atoms with van der Waals surface area (Å²) in [4.78, 5) is 11.9. The lowest BCUT2D eigenvalue weighted by atomic mass is 10.0. The first-order valence-corrected chi connectivity index (χ1v) is 5.58. The molecule has 1 unspecified atom stereocenters. The Kier molecular flexibility index (Phi) is 2.30. The maximum absolute atomic E-state index is 11.9. The Morgan fingerprint density at radius 1 is 1.43 bits per heavy atom. The molecule has 3 nitrogen and oxygen atoms in total. The van der Waals surface area contributed by atoms with Crippen LogP contribution in [0.15, 0.2) is 0 Å². The first-order chi connectivity index (χ1) is 6.55. The number of rotatable bonds is 3. The Bertz CT molecular complexity index is 240. The topological polar surface area (TPSA) is 41.1 Å². The molecule has 80 valence electrons. The molecule has 0 aromatic heterocycles. The molecule has 1 saturated carbocycles. The van der Waals surface area contributed by atoms with Crippen molar-refractivity contribution in [2.75, 3.05) is 13.1 Å². The second kappa shape index (κ2) is 3.23. The van der Waals surface area contributed by atoms with Crippen molar-refractivity contribution in [2.45, 2.75) is 32.7 Å². The number of carbonyl (C=O) groups excluding carboxylic acids is 1. The number of fused-ring (bicyclic) bond motifs is 1. The molecule has 2 aliphatic rings. The summed E-state index contributed by atoms with van der Waals surface area (Å²) in [6.07, 6.45) is 0.985. The second-order valence-corrected chi connectivity index (χ2v) is 5.24. The van der Waals surface area contributed by atoms with Crippen molar-refractivity contribution in [1.29, 1.82) is 0 Å². The van der Waals surface area contributed by atoms with Gasteiger partial charge in [0.25, 0.3) is 0 Å². The van der Waals surface area contributed by atoms with Crippen molar-refractivity contribution in [3.8, 4) is 0 Å². The van der Waals surface area contributed by atoms with Crippen LogP contribution < -0.4 is 10.6 Å². The van der Waals surface area contributed by atoms with Crippen molar-refractivity contribution < 1.29 is 4.79 Å². The molecule has 1 heterocycles. The van der Waals surface area contributed by atoms with Gasteiger partial charge in [0.1, 0.15) is 0 Å². The Balaban J connectivity index is 1.86. The zero-order valence-corrected chi connectivity index (χ0v) is 9.26. The zero-order chi connectivity index (χ0) is 10.3. The van der Waals surface area contributed by atoms with Gasteiger partial charge in [0.2, 0.25) is 5.91 Å². The van der Waals surface area contributed by atoms with Crippen molar-refractivity contribution >= 4 is 5.91 Å². The average Bonchev–Trinajstić information content (AvgIpc) is 2.61. The molecule has 0 bridgehead atoms. The number of carbonyl (C=O) groups is 1. The largest absolute Gasteiger partial charge is 0.351 e. The van der Waals surface area contributed by atoms with Crippen molar-refractivity contribution in [3.63, 3.8) is 0 Å². The van der Waals surface area contributed by atoms with Crippen molar-refractivity contribution in [1.82, 2.24) is 10.6 Å². The molecule has 3 atom stereocenters. The lowest BCUT2D eigenvalue weighted by Gasteiger charge is -2.25. The Morgan fingerprint density at radius 2 is 2.00 bits per heavy atom. The van der Waals surface area contributed by atoms with Crippen LogP contribution in [0, 0.1) is 17.8 Å². The number of piperidine rings is 1. The molecule has 1 aliphatic heterocycles. The molecule has 0 aromatic carbocycles. The van der Waals surface area contributed by atoms with Gasteiger partial charge >= 0.3 is 0 Å². The van der Waals surface area contributed by atoms with Crippen LogP contribution in [0.2, 0.25) is 0 Å². The molecule has 2 rings (SSSR count). The van der Waals surface area contributed by atoms with Crippen LogP contribution >= 0.6 is 0 Å². The normalized spacial score (nSPS) is 35.2. The molecule has 1 saturated heterocycles. The Hall–Kier alpha value is -0.570. The van der Waals surface area contributed by atoms with Gasteiger partial charge in [-0.1, -0.05) is 6.92 Å². The minimum absolute atomic E-state index is 0.0403. The molecule has 2 N–H and O–H groups in total. The molecular weight excluding hydrogens is 176 g/mol. The number of hydrogen-bond acceptors (Lipinski definition) is 2. The van der Waals surface area contributed by atoms with Gasteiger partial charge in [0.15, 0.2) is 0 Å². The van der Waals surface area contributed by atoms with Gasteiger partial charge < -0.3 is 10.6 Å². The lowest BCUT2D eigenvalue weighted by molar-refractivity contribution is -0.124. The second-order valence-electron chi connectivity index (χ2n) is 5.24. The van der Waals surface area contributed by atoms with E-state index in [0.29, 0.717) is 17.8 Å². The average molecular weight is 196 g/mol. The molecular formula is C11H20N2O. The van der Waals surface area contributed by atoms with Crippen molar-refractivity contribution in [2.24, 2.45) is 17.8 Å². The summed E-state index contributed by atoms with van der Waals surface area (Å²) in [5, 5.41) is 6.43. The third-order valence-corrected chi connectivity index (χ3v) is 3.74.